The van der Waals surface area contributed by atoms with Crippen LogP contribution >= 0.6 is 0 Å². The summed E-state index contributed by atoms with van der Waals surface area (Å²) in [7, 11) is -0.526. The van der Waals surface area contributed by atoms with Gasteiger partial charge in [0.1, 0.15) is 0 Å². The van der Waals surface area contributed by atoms with Crippen molar-refractivity contribution in [3.05, 3.63) is 29.6 Å². The highest BCUT2D eigenvalue weighted by Crippen LogP contribution is 2.20. The van der Waals surface area contributed by atoms with Gasteiger partial charge in [-0.25, -0.2) is 17.1 Å². The average Bonchev–Trinajstić information content (AvgIpc) is 2.88. The Kier molecular flexibility index (Phi) is 5.23. The molecular formula is C14H19FN2O5S. The summed E-state index contributed by atoms with van der Waals surface area (Å²) >= 11 is 0. The molecule has 1 aromatic rings. The first-order valence-electron chi connectivity index (χ1n) is 6.98. The van der Waals surface area contributed by atoms with Crippen LogP contribution in [0.5, 0.6) is 5.75 Å². The molecule has 1 aliphatic heterocycles. The van der Waals surface area contributed by atoms with E-state index in [-0.39, 0.29) is 30.4 Å². The number of sulfonamides is 1. The van der Waals surface area contributed by atoms with Crippen molar-refractivity contribution in [1.82, 2.24) is 9.62 Å². The average molecular weight is 346 g/mol. The monoisotopic (exact) mass is 346 g/mol. The lowest BCUT2D eigenvalue weighted by Crippen LogP contribution is -2.43. The van der Waals surface area contributed by atoms with Crippen molar-refractivity contribution in [2.75, 3.05) is 33.1 Å². The molecular weight excluding hydrogens is 327 g/mol. The van der Waals surface area contributed by atoms with E-state index in [4.69, 9.17) is 4.74 Å². The van der Waals surface area contributed by atoms with Gasteiger partial charge in [-0.1, -0.05) is 0 Å². The van der Waals surface area contributed by atoms with Gasteiger partial charge in [-0.15, -0.1) is 0 Å². The second-order valence-electron chi connectivity index (χ2n) is 5.60. The first-order chi connectivity index (χ1) is 10.7. The van der Waals surface area contributed by atoms with Gasteiger partial charge >= 0.3 is 0 Å². The summed E-state index contributed by atoms with van der Waals surface area (Å²) in [5.41, 5.74) is 0.0880. The summed E-state index contributed by atoms with van der Waals surface area (Å²) in [4.78, 5) is 12.1. The van der Waals surface area contributed by atoms with E-state index in [1.54, 1.807) is 0 Å². The van der Waals surface area contributed by atoms with Crippen LogP contribution in [0, 0.1) is 11.7 Å². The molecule has 2 atom stereocenters. The van der Waals surface area contributed by atoms with Gasteiger partial charge < -0.3 is 15.2 Å². The van der Waals surface area contributed by atoms with Crippen molar-refractivity contribution >= 4 is 15.9 Å². The van der Waals surface area contributed by atoms with Gasteiger partial charge in [-0.05, 0) is 18.2 Å². The lowest BCUT2D eigenvalue weighted by Gasteiger charge is -2.21. The minimum absolute atomic E-state index is 0.0880. The van der Waals surface area contributed by atoms with Gasteiger partial charge in [0.2, 0.25) is 10.0 Å². The van der Waals surface area contributed by atoms with Crippen LogP contribution in [-0.4, -0.2) is 62.8 Å². The number of carbonyl (C=O) groups is 1. The lowest BCUT2D eigenvalue weighted by atomic mass is 10.1. The Hall–Kier alpha value is -1.71. The highest BCUT2D eigenvalue weighted by Gasteiger charge is 2.34. The molecule has 7 nitrogen and oxygen atoms in total. The lowest BCUT2D eigenvalue weighted by molar-refractivity contribution is 0.0925. The van der Waals surface area contributed by atoms with E-state index in [2.05, 4.69) is 5.32 Å². The molecule has 1 amide bonds. The minimum Gasteiger partial charge on any atom is -0.505 e. The second kappa shape index (κ2) is 6.81. The largest absolute Gasteiger partial charge is 0.505 e. The molecule has 1 aromatic carbocycles. The van der Waals surface area contributed by atoms with Crippen molar-refractivity contribution in [1.29, 1.82) is 0 Å². The number of amides is 1. The zero-order valence-corrected chi connectivity index (χ0v) is 13.6. The second-order valence-corrected chi connectivity index (χ2v) is 7.83. The number of carbonyl (C=O) groups excluding carboxylic acids is 1. The number of halogens is 1. The van der Waals surface area contributed by atoms with Gasteiger partial charge in [0.15, 0.2) is 11.6 Å². The molecule has 0 unspecified atom stereocenters. The molecule has 23 heavy (non-hydrogen) atoms. The number of phenolic OH excluding ortho intramolecular Hbond substituents is 1. The summed E-state index contributed by atoms with van der Waals surface area (Å²) in [5, 5.41) is 12.0. The molecule has 0 bridgehead atoms. The fourth-order valence-corrected chi connectivity index (χ4v) is 3.42. The Morgan fingerprint density at radius 2 is 2.13 bits per heavy atom. The van der Waals surface area contributed by atoms with E-state index in [0.29, 0.717) is 0 Å². The molecule has 2 rings (SSSR count). The van der Waals surface area contributed by atoms with Gasteiger partial charge in [0, 0.05) is 25.6 Å². The molecule has 0 radical (unpaired) electrons. The highest BCUT2D eigenvalue weighted by molar-refractivity contribution is 7.89. The molecule has 0 aromatic heterocycles. The number of phenols is 1. The van der Waals surface area contributed by atoms with E-state index >= 15 is 0 Å². The zero-order chi connectivity index (χ0) is 17.2. The summed E-state index contributed by atoms with van der Waals surface area (Å²) in [6, 6.07) is 2.78. The number of aromatic hydroxyl groups is 1. The molecule has 0 spiro atoms. The van der Waals surface area contributed by atoms with Crippen LogP contribution in [0.25, 0.3) is 0 Å². The molecule has 9 heteroatoms. The maximum absolute atomic E-state index is 13.0. The van der Waals surface area contributed by atoms with Gasteiger partial charge in [0.05, 0.1) is 25.0 Å². The number of hydrogen-bond acceptors (Lipinski definition) is 5. The molecule has 1 heterocycles. The molecule has 0 saturated carbocycles. The standard InChI is InChI=1S/C14H19FN2O5S/c1-17(2)23(20,21)8-10-6-22-7-12(10)16-14(19)9-3-4-11(15)13(18)5-9/h3-5,10,12,18H,6-8H2,1-2H3,(H,16,19)/t10-,12+/m0/s1. The number of nitrogens with zero attached hydrogens (tertiary/aromatic N) is 1. The van der Waals surface area contributed by atoms with Crippen LogP contribution in [0.3, 0.4) is 0 Å². The van der Waals surface area contributed by atoms with Crippen molar-refractivity contribution < 1.29 is 27.4 Å². The highest BCUT2D eigenvalue weighted by atomic mass is 32.2. The number of ether oxygens (including phenoxy) is 1. The Morgan fingerprint density at radius 1 is 1.43 bits per heavy atom. The first kappa shape index (κ1) is 17.6. The smallest absolute Gasteiger partial charge is 0.251 e. The SMILES string of the molecule is CN(C)S(=O)(=O)C[C@@H]1COC[C@H]1NC(=O)c1ccc(F)c(O)c1. The van der Waals surface area contributed by atoms with Crippen molar-refractivity contribution in [3.8, 4) is 5.75 Å². The summed E-state index contributed by atoms with van der Waals surface area (Å²) in [6.07, 6.45) is 0. The van der Waals surface area contributed by atoms with Gasteiger partial charge in [-0.2, -0.15) is 0 Å². The Morgan fingerprint density at radius 3 is 2.74 bits per heavy atom. The van der Waals surface area contributed by atoms with E-state index in [1.807, 2.05) is 0 Å². The third kappa shape index (κ3) is 4.18. The molecule has 2 N–H and O–H groups in total. The van der Waals surface area contributed by atoms with E-state index < -0.39 is 33.5 Å². The van der Waals surface area contributed by atoms with Crippen molar-refractivity contribution in [2.45, 2.75) is 6.04 Å². The number of benzene rings is 1. The molecule has 128 valence electrons. The fourth-order valence-electron chi connectivity index (χ4n) is 2.25. The predicted molar refractivity (Wildman–Crippen MR) is 81.1 cm³/mol. The third-order valence-electron chi connectivity index (χ3n) is 3.70. The van der Waals surface area contributed by atoms with Crippen LogP contribution in [-0.2, 0) is 14.8 Å². The number of rotatable bonds is 5. The van der Waals surface area contributed by atoms with Crippen LogP contribution < -0.4 is 5.32 Å². The first-order valence-corrected chi connectivity index (χ1v) is 8.59. The maximum atomic E-state index is 13.0. The maximum Gasteiger partial charge on any atom is 0.251 e. The Bertz CT molecular complexity index is 692. The zero-order valence-electron chi connectivity index (χ0n) is 12.8. The number of nitrogens with one attached hydrogen (secondary N) is 1. The quantitative estimate of drug-likeness (QED) is 0.792. The third-order valence-corrected chi connectivity index (χ3v) is 5.67. The summed E-state index contributed by atoms with van der Waals surface area (Å²) in [5.74, 6) is -2.48. The number of hydrogen-bond donors (Lipinski definition) is 2. The van der Waals surface area contributed by atoms with Gasteiger partial charge in [0.25, 0.3) is 5.91 Å². The molecule has 1 aliphatic rings. The van der Waals surface area contributed by atoms with Crippen LogP contribution in [0.2, 0.25) is 0 Å². The van der Waals surface area contributed by atoms with Gasteiger partial charge in [-0.3, -0.25) is 4.79 Å². The van der Waals surface area contributed by atoms with Crippen LogP contribution in [0.15, 0.2) is 18.2 Å². The Labute approximate surface area is 134 Å². The van der Waals surface area contributed by atoms with E-state index in [1.165, 1.54) is 20.2 Å². The van der Waals surface area contributed by atoms with E-state index in [9.17, 15) is 22.7 Å². The molecule has 1 fully saturated rings. The predicted octanol–water partition coefficient (Wildman–Crippen LogP) is 0.168. The fraction of sp³-hybridized carbons (Fsp3) is 0.500. The van der Waals surface area contributed by atoms with Crippen LogP contribution in [0.1, 0.15) is 10.4 Å². The normalized spacial score (nSPS) is 21.6. The van der Waals surface area contributed by atoms with Crippen LogP contribution in [0.4, 0.5) is 4.39 Å². The summed E-state index contributed by atoms with van der Waals surface area (Å²) < 4.78 is 43.3. The van der Waals surface area contributed by atoms with Crippen molar-refractivity contribution in [2.24, 2.45) is 5.92 Å². The summed E-state index contributed by atoms with van der Waals surface area (Å²) in [6.45, 7) is 0.430. The Balaban J connectivity index is 2.06. The van der Waals surface area contributed by atoms with Crippen molar-refractivity contribution in [3.63, 3.8) is 0 Å². The van der Waals surface area contributed by atoms with E-state index in [0.717, 1.165) is 16.4 Å². The molecule has 1 saturated heterocycles. The topological polar surface area (TPSA) is 95.9 Å². The minimum atomic E-state index is -3.41. The molecule has 0 aliphatic carbocycles.